The van der Waals surface area contributed by atoms with Crippen LogP contribution in [0.15, 0.2) is 5.57 Å². The van der Waals surface area contributed by atoms with E-state index in [0.29, 0.717) is 0 Å². The molecule has 1 aliphatic rings. The molecule has 2 rings (SSSR count). The van der Waals surface area contributed by atoms with Crippen molar-refractivity contribution < 1.29 is 0 Å². The minimum absolute atomic E-state index is 1.24. The largest absolute Gasteiger partial charge is 0.0651 e. The molecule has 1 aromatic rings. The SMILES string of the molecule is CCCC1=C(CCC)c2c(c(CCC)c(CCC)c(CCC)c2CCC)[CH]1. The number of fused-ring (bicyclic) bond motifs is 1. The van der Waals surface area contributed by atoms with Crippen LogP contribution in [0.5, 0.6) is 0 Å². The first-order chi connectivity index (χ1) is 13.2. The smallest absolute Gasteiger partial charge is 0.0170 e. The Morgan fingerprint density at radius 1 is 0.481 bits per heavy atom. The van der Waals surface area contributed by atoms with E-state index < -0.39 is 0 Å². The first-order valence-electron chi connectivity index (χ1n) is 11.9. The summed E-state index contributed by atoms with van der Waals surface area (Å²) < 4.78 is 0. The van der Waals surface area contributed by atoms with E-state index in [9.17, 15) is 0 Å². The highest BCUT2D eigenvalue weighted by Crippen LogP contribution is 2.46. The summed E-state index contributed by atoms with van der Waals surface area (Å²) >= 11 is 0. The molecular weight excluding hydrogens is 324 g/mol. The van der Waals surface area contributed by atoms with Gasteiger partial charge in [0.1, 0.15) is 0 Å². The second kappa shape index (κ2) is 11.1. The van der Waals surface area contributed by atoms with Gasteiger partial charge in [-0.15, -0.1) is 0 Å². The highest BCUT2D eigenvalue weighted by atomic mass is 14.3. The molecule has 0 fully saturated rings. The number of benzene rings is 1. The van der Waals surface area contributed by atoms with Gasteiger partial charge < -0.3 is 0 Å². The Labute approximate surface area is 169 Å². The Hall–Kier alpha value is -1.04. The van der Waals surface area contributed by atoms with Crippen LogP contribution in [0.2, 0.25) is 0 Å². The van der Waals surface area contributed by atoms with Crippen molar-refractivity contribution in [1.29, 1.82) is 0 Å². The Morgan fingerprint density at radius 2 is 0.926 bits per heavy atom. The van der Waals surface area contributed by atoms with Crippen LogP contribution in [0, 0.1) is 6.42 Å². The van der Waals surface area contributed by atoms with E-state index >= 15 is 0 Å². The van der Waals surface area contributed by atoms with E-state index in [2.05, 4.69) is 48.0 Å². The number of rotatable bonds is 12. The maximum Gasteiger partial charge on any atom is 0.0170 e. The van der Waals surface area contributed by atoms with E-state index in [4.69, 9.17) is 0 Å². The molecule has 0 saturated heterocycles. The second-order valence-corrected chi connectivity index (χ2v) is 8.35. The normalized spacial score (nSPS) is 13.6. The zero-order valence-electron chi connectivity index (χ0n) is 19.1. The third-order valence-corrected chi connectivity index (χ3v) is 6.02. The topological polar surface area (TPSA) is 0 Å². The van der Waals surface area contributed by atoms with Gasteiger partial charge in [-0.3, -0.25) is 0 Å². The Balaban J connectivity index is 2.80. The van der Waals surface area contributed by atoms with Gasteiger partial charge in [0.05, 0.1) is 0 Å². The van der Waals surface area contributed by atoms with Crippen LogP contribution in [-0.4, -0.2) is 0 Å². The molecule has 0 amide bonds. The summed E-state index contributed by atoms with van der Waals surface area (Å²) in [6.07, 6.45) is 17.7. The summed E-state index contributed by atoms with van der Waals surface area (Å²) in [7, 11) is 0. The maximum absolute atomic E-state index is 2.61. The van der Waals surface area contributed by atoms with Crippen molar-refractivity contribution in [3.63, 3.8) is 0 Å². The lowest BCUT2D eigenvalue weighted by Gasteiger charge is -2.25. The molecule has 0 bridgehead atoms. The highest BCUT2D eigenvalue weighted by molar-refractivity contribution is 5.85. The highest BCUT2D eigenvalue weighted by Gasteiger charge is 2.29. The van der Waals surface area contributed by atoms with Crippen LogP contribution in [0.1, 0.15) is 126 Å². The third kappa shape index (κ3) is 4.69. The molecule has 1 aromatic carbocycles. The van der Waals surface area contributed by atoms with Gasteiger partial charge in [0, 0.05) is 6.42 Å². The molecule has 151 valence electrons. The fourth-order valence-electron chi connectivity index (χ4n) is 5.11. The second-order valence-electron chi connectivity index (χ2n) is 8.35. The van der Waals surface area contributed by atoms with Gasteiger partial charge >= 0.3 is 0 Å². The molecular formula is C27H43. The number of hydrogen-bond donors (Lipinski definition) is 0. The molecule has 0 aliphatic heterocycles. The lowest BCUT2D eigenvalue weighted by molar-refractivity contribution is 0.795. The van der Waals surface area contributed by atoms with E-state index in [1.165, 1.54) is 77.0 Å². The average Bonchev–Trinajstić information content (AvgIpc) is 3.00. The molecule has 0 atom stereocenters. The lowest BCUT2D eigenvalue weighted by atomic mass is 9.79. The Kier molecular flexibility index (Phi) is 9.13. The summed E-state index contributed by atoms with van der Waals surface area (Å²) in [6.45, 7) is 14.1. The van der Waals surface area contributed by atoms with E-state index in [1.54, 1.807) is 44.5 Å². The monoisotopic (exact) mass is 367 g/mol. The molecule has 0 N–H and O–H groups in total. The van der Waals surface area contributed by atoms with Gasteiger partial charge in [-0.2, -0.15) is 0 Å². The van der Waals surface area contributed by atoms with Gasteiger partial charge in [-0.25, -0.2) is 0 Å². The van der Waals surface area contributed by atoms with Crippen molar-refractivity contribution in [2.24, 2.45) is 0 Å². The van der Waals surface area contributed by atoms with E-state index in [0.717, 1.165) is 0 Å². The van der Waals surface area contributed by atoms with Crippen molar-refractivity contribution in [3.05, 3.63) is 45.4 Å². The lowest BCUT2D eigenvalue weighted by Crippen LogP contribution is -2.11. The zero-order valence-corrected chi connectivity index (χ0v) is 19.1. The summed E-state index contributed by atoms with van der Waals surface area (Å²) in [4.78, 5) is 0. The third-order valence-electron chi connectivity index (χ3n) is 6.02. The quantitative estimate of drug-likeness (QED) is 0.348. The molecule has 0 heteroatoms. The number of hydrogen-bond acceptors (Lipinski definition) is 0. The maximum atomic E-state index is 2.61. The molecule has 0 heterocycles. The molecule has 0 saturated carbocycles. The predicted molar refractivity (Wildman–Crippen MR) is 123 cm³/mol. The van der Waals surface area contributed by atoms with Crippen LogP contribution in [0.25, 0.3) is 5.57 Å². The van der Waals surface area contributed by atoms with Crippen LogP contribution < -0.4 is 0 Å². The van der Waals surface area contributed by atoms with Crippen molar-refractivity contribution in [1.82, 2.24) is 0 Å². The molecule has 0 nitrogen and oxygen atoms in total. The van der Waals surface area contributed by atoms with Gasteiger partial charge in [0.2, 0.25) is 0 Å². The molecule has 0 spiro atoms. The number of allylic oxidation sites excluding steroid dienone is 2. The van der Waals surface area contributed by atoms with E-state index in [1.807, 2.05) is 0 Å². The first kappa shape index (κ1) is 22.3. The van der Waals surface area contributed by atoms with Crippen LogP contribution >= 0.6 is 0 Å². The zero-order chi connectivity index (χ0) is 19.8. The molecule has 1 aliphatic carbocycles. The van der Waals surface area contributed by atoms with Crippen molar-refractivity contribution in [3.8, 4) is 0 Å². The Bertz CT molecular complexity index is 645. The minimum atomic E-state index is 1.24. The van der Waals surface area contributed by atoms with Crippen molar-refractivity contribution in [2.75, 3.05) is 0 Å². The van der Waals surface area contributed by atoms with Gasteiger partial charge in [-0.05, 0) is 77.5 Å². The van der Waals surface area contributed by atoms with Gasteiger partial charge in [-0.1, -0.05) is 85.6 Å². The van der Waals surface area contributed by atoms with Crippen LogP contribution in [0.3, 0.4) is 0 Å². The van der Waals surface area contributed by atoms with Crippen molar-refractivity contribution >= 4 is 5.57 Å². The molecule has 1 radical (unpaired) electrons. The van der Waals surface area contributed by atoms with Crippen molar-refractivity contribution in [2.45, 2.75) is 119 Å². The average molecular weight is 368 g/mol. The summed E-state index contributed by atoms with van der Waals surface area (Å²) in [5, 5.41) is 0. The van der Waals surface area contributed by atoms with Gasteiger partial charge in [0.25, 0.3) is 0 Å². The van der Waals surface area contributed by atoms with Crippen LogP contribution in [0.4, 0.5) is 0 Å². The first-order valence-corrected chi connectivity index (χ1v) is 11.9. The van der Waals surface area contributed by atoms with Crippen LogP contribution in [-0.2, 0) is 25.7 Å². The van der Waals surface area contributed by atoms with E-state index in [-0.39, 0.29) is 0 Å². The summed E-state index contributed by atoms with van der Waals surface area (Å²) in [5.41, 5.74) is 13.6. The molecule has 27 heavy (non-hydrogen) atoms. The Morgan fingerprint density at radius 3 is 1.44 bits per heavy atom. The summed E-state index contributed by atoms with van der Waals surface area (Å²) in [5.74, 6) is 0. The van der Waals surface area contributed by atoms with Gasteiger partial charge in [0.15, 0.2) is 0 Å². The molecule has 0 aromatic heterocycles. The molecule has 0 unspecified atom stereocenters. The fourth-order valence-corrected chi connectivity index (χ4v) is 5.11. The minimum Gasteiger partial charge on any atom is -0.0651 e. The summed E-state index contributed by atoms with van der Waals surface area (Å²) in [6, 6.07) is 0. The predicted octanol–water partition coefficient (Wildman–Crippen LogP) is 8.42. The fraction of sp³-hybridized carbons (Fsp3) is 0.667. The standard InChI is InChI=1S/C27H43/c1-7-13-20-19-26-24(17-11-5)22(15-9-3)23(16-10-4)25(18-12-6)27(26)21(20)14-8-2/h19H,7-18H2,1-6H3.